The minimum absolute atomic E-state index is 0.0112. The average Bonchev–Trinajstić information content (AvgIpc) is 3.13. The molecule has 1 aromatic heterocycles. The molecule has 0 atom stereocenters. The first-order valence-corrected chi connectivity index (χ1v) is 8.09. The standard InChI is InChI=1S/C17H23N5O/c1-12(2)8-22-9-13-4-3-5-15(14(13)10-22)20-17(23)7-6-16-18-11-19-21-16/h3-5,11-12H,6-10H2,1-2H3,(H,20,23)(H,18,19,21). The minimum atomic E-state index is 0.0112. The van der Waals surface area contributed by atoms with Crippen molar-refractivity contribution in [3.8, 4) is 0 Å². The van der Waals surface area contributed by atoms with Crippen LogP contribution in [0.2, 0.25) is 0 Å². The Morgan fingerprint density at radius 3 is 3.00 bits per heavy atom. The van der Waals surface area contributed by atoms with E-state index in [1.54, 1.807) is 0 Å². The minimum Gasteiger partial charge on any atom is -0.326 e. The van der Waals surface area contributed by atoms with E-state index in [0.29, 0.717) is 18.8 Å². The lowest BCUT2D eigenvalue weighted by atomic mass is 10.1. The van der Waals surface area contributed by atoms with Gasteiger partial charge in [-0.1, -0.05) is 26.0 Å². The Bertz CT molecular complexity index is 666. The van der Waals surface area contributed by atoms with Gasteiger partial charge in [0.15, 0.2) is 0 Å². The maximum atomic E-state index is 12.2. The number of carbonyl (C=O) groups is 1. The lowest BCUT2D eigenvalue weighted by Gasteiger charge is -2.17. The second-order valence-corrected chi connectivity index (χ2v) is 6.49. The van der Waals surface area contributed by atoms with Crippen molar-refractivity contribution in [2.45, 2.75) is 39.8 Å². The van der Waals surface area contributed by atoms with E-state index >= 15 is 0 Å². The lowest BCUT2D eigenvalue weighted by Crippen LogP contribution is -2.21. The van der Waals surface area contributed by atoms with Crippen molar-refractivity contribution in [1.29, 1.82) is 0 Å². The largest absolute Gasteiger partial charge is 0.326 e. The Balaban J connectivity index is 1.61. The third-order valence-electron chi connectivity index (χ3n) is 4.00. The van der Waals surface area contributed by atoms with Gasteiger partial charge in [-0.3, -0.25) is 14.8 Å². The van der Waals surface area contributed by atoms with Gasteiger partial charge in [-0.2, -0.15) is 5.10 Å². The number of aryl methyl sites for hydroxylation is 1. The van der Waals surface area contributed by atoms with Crippen LogP contribution >= 0.6 is 0 Å². The SMILES string of the molecule is CC(C)CN1Cc2cccc(NC(=O)CCc3ncn[nH]3)c2C1. The zero-order valence-electron chi connectivity index (χ0n) is 13.7. The average molecular weight is 313 g/mol. The fourth-order valence-electron chi connectivity index (χ4n) is 3.05. The van der Waals surface area contributed by atoms with Crippen molar-refractivity contribution >= 4 is 11.6 Å². The van der Waals surface area contributed by atoms with Crippen LogP contribution < -0.4 is 5.32 Å². The van der Waals surface area contributed by atoms with Crippen LogP contribution in [-0.2, 0) is 24.3 Å². The van der Waals surface area contributed by atoms with Gasteiger partial charge in [0.25, 0.3) is 0 Å². The summed E-state index contributed by atoms with van der Waals surface area (Å²) in [6.45, 7) is 7.42. The highest BCUT2D eigenvalue weighted by Gasteiger charge is 2.22. The van der Waals surface area contributed by atoms with Gasteiger partial charge in [0, 0.05) is 38.2 Å². The number of benzene rings is 1. The summed E-state index contributed by atoms with van der Waals surface area (Å²) >= 11 is 0. The van der Waals surface area contributed by atoms with Crippen molar-refractivity contribution in [2.24, 2.45) is 5.92 Å². The molecule has 0 spiro atoms. The smallest absolute Gasteiger partial charge is 0.224 e. The summed E-state index contributed by atoms with van der Waals surface area (Å²) in [5.41, 5.74) is 3.51. The second kappa shape index (κ2) is 6.91. The van der Waals surface area contributed by atoms with Gasteiger partial charge in [-0.25, -0.2) is 4.98 Å². The summed E-state index contributed by atoms with van der Waals surface area (Å²) in [5.74, 6) is 1.39. The number of hydrogen-bond acceptors (Lipinski definition) is 4. The van der Waals surface area contributed by atoms with E-state index in [1.807, 2.05) is 12.1 Å². The number of nitrogens with one attached hydrogen (secondary N) is 2. The fraction of sp³-hybridized carbons (Fsp3) is 0.471. The summed E-state index contributed by atoms with van der Waals surface area (Å²) in [6.07, 6.45) is 2.43. The third-order valence-corrected chi connectivity index (χ3v) is 4.00. The van der Waals surface area contributed by atoms with Gasteiger partial charge < -0.3 is 5.32 Å². The topological polar surface area (TPSA) is 73.9 Å². The first kappa shape index (κ1) is 15.7. The van der Waals surface area contributed by atoms with Gasteiger partial charge in [-0.05, 0) is 23.1 Å². The maximum absolute atomic E-state index is 12.2. The van der Waals surface area contributed by atoms with E-state index in [0.717, 1.165) is 31.1 Å². The summed E-state index contributed by atoms with van der Waals surface area (Å²) in [5, 5.41) is 9.62. The van der Waals surface area contributed by atoms with E-state index in [1.165, 1.54) is 17.5 Å². The number of nitrogens with zero attached hydrogens (tertiary/aromatic N) is 3. The highest BCUT2D eigenvalue weighted by Crippen LogP contribution is 2.29. The van der Waals surface area contributed by atoms with Crippen LogP contribution in [0, 0.1) is 5.92 Å². The van der Waals surface area contributed by atoms with Gasteiger partial charge in [0.1, 0.15) is 12.2 Å². The van der Waals surface area contributed by atoms with Crippen LogP contribution in [0.15, 0.2) is 24.5 Å². The van der Waals surface area contributed by atoms with Crippen molar-refractivity contribution in [3.63, 3.8) is 0 Å². The molecule has 2 aromatic rings. The number of hydrogen-bond donors (Lipinski definition) is 2. The molecule has 6 heteroatoms. The van der Waals surface area contributed by atoms with E-state index in [-0.39, 0.29) is 5.91 Å². The zero-order chi connectivity index (χ0) is 16.2. The number of anilines is 1. The molecule has 2 N–H and O–H groups in total. The molecule has 0 radical (unpaired) electrons. The van der Waals surface area contributed by atoms with E-state index in [4.69, 9.17) is 0 Å². The van der Waals surface area contributed by atoms with Gasteiger partial charge >= 0.3 is 0 Å². The Morgan fingerprint density at radius 1 is 1.39 bits per heavy atom. The Morgan fingerprint density at radius 2 is 2.26 bits per heavy atom. The third kappa shape index (κ3) is 3.96. The zero-order valence-corrected chi connectivity index (χ0v) is 13.7. The van der Waals surface area contributed by atoms with Crippen molar-refractivity contribution in [1.82, 2.24) is 20.1 Å². The van der Waals surface area contributed by atoms with E-state index in [2.05, 4.69) is 45.3 Å². The predicted molar refractivity (Wildman–Crippen MR) is 88.7 cm³/mol. The van der Waals surface area contributed by atoms with Crippen LogP contribution in [-0.4, -0.2) is 32.5 Å². The molecule has 1 aromatic carbocycles. The summed E-state index contributed by atoms with van der Waals surface area (Å²) < 4.78 is 0. The lowest BCUT2D eigenvalue weighted by molar-refractivity contribution is -0.116. The molecule has 0 saturated heterocycles. The number of H-pyrrole nitrogens is 1. The van der Waals surface area contributed by atoms with Crippen LogP contribution in [0.4, 0.5) is 5.69 Å². The molecule has 0 bridgehead atoms. The highest BCUT2D eigenvalue weighted by molar-refractivity contribution is 5.91. The van der Waals surface area contributed by atoms with Gasteiger partial charge in [0.2, 0.25) is 5.91 Å². The van der Waals surface area contributed by atoms with Crippen LogP contribution in [0.5, 0.6) is 0 Å². The van der Waals surface area contributed by atoms with Gasteiger partial charge in [-0.15, -0.1) is 0 Å². The quantitative estimate of drug-likeness (QED) is 0.858. The summed E-state index contributed by atoms with van der Waals surface area (Å²) in [6, 6.07) is 6.16. The summed E-state index contributed by atoms with van der Waals surface area (Å²) in [4.78, 5) is 18.6. The maximum Gasteiger partial charge on any atom is 0.224 e. The Kier molecular flexibility index (Phi) is 4.71. The number of carbonyl (C=O) groups excluding carboxylic acids is 1. The molecule has 0 unspecified atom stereocenters. The molecule has 2 heterocycles. The first-order valence-electron chi connectivity index (χ1n) is 8.09. The first-order chi connectivity index (χ1) is 11.1. The molecule has 0 aliphatic carbocycles. The molecule has 1 aliphatic rings. The van der Waals surface area contributed by atoms with Crippen molar-refractivity contribution in [2.75, 3.05) is 11.9 Å². The molecule has 0 fully saturated rings. The highest BCUT2D eigenvalue weighted by atomic mass is 16.1. The molecule has 1 aliphatic heterocycles. The van der Waals surface area contributed by atoms with Gasteiger partial charge in [0.05, 0.1) is 0 Å². The van der Waals surface area contributed by atoms with E-state index in [9.17, 15) is 4.79 Å². The fourth-order valence-corrected chi connectivity index (χ4v) is 3.05. The van der Waals surface area contributed by atoms with Crippen LogP contribution in [0.1, 0.15) is 37.2 Å². The Hall–Kier alpha value is -2.21. The molecule has 1 amide bonds. The number of aromatic amines is 1. The molecular weight excluding hydrogens is 290 g/mol. The molecule has 23 heavy (non-hydrogen) atoms. The van der Waals surface area contributed by atoms with E-state index < -0.39 is 0 Å². The van der Waals surface area contributed by atoms with Crippen LogP contribution in [0.3, 0.4) is 0 Å². The molecule has 3 rings (SSSR count). The molecule has 0 saturated carbocycles. The monoisotopic (exact) mass is 313 g/mol. The molecule has 122 valence electrons. The predicted octanol–water partition coefficient (Wildman–Crippen LogP) is 2.35. The Labute approximate surface area is 136 Å². The number of aromatic nitrogens is 3. The normalized spacial score (nSPS) is 14.2. The van der Waals surface area contributed by atoms with Crippen LogP contribution in [0.25, 0.3) is 0 Å². The molecular formula is C17H23N5O. The van der Waals surface area contributed by atoms with Crippen molar-refractivity contribution < 1.29 is 4.79 Å². The number of fused-ring (bicyclic) bond motifs is 1. The molecule has 6 nitrogen and oxygen atoms in total. The number of amides is 1. The number of rotatable bonds is 6. The van der Waals surface area contributed by atoms with Crippen molar-refractivity contribution in [3.05, 3.63) is 41.5 Å². The summed E-state index contributed by atoms with van der Waals surface area (Å²) in [7, 11) is 0. The second-order valence-electron chi connectivity index (χ2n) is 6.49.